The lowest BCUT2D eigenvalue weighted by Crippen LogP contribution is -2.36. The Hall–Kier alpha value is -0.550. The molecule has 1 unspecified atom stereocenters. The van der Waals surface area contributed by atoms with Gasteiger partial charge in [-0.05, 0) is 39.3 Å². The first-order valence-electron chi connectivity index (χ1n) is 6.95. The van der Waals surface area contributed by atoms with E-state index in [1.165, 1.54) is 32.2 Å². The van der Waals surface area contributed by atoms with Crippen LogP contribution in [0.1, 0.15) is 44.9 Å². The van der Waals surface area contributed by atoms with Crippen LogP contribution in [-0.2, 0) is 6.42 Å². The fourth-order valence-corrected chi connectivity index (χ4v) is 3.22. The Morgan fingerprint density at radius 2 is 2.28 bits per heavy atom. The second kappa shape index (κ2) is 7.14. The molecular formula is C13H23N3OS. The van der Waals surface area contributed by atoms with Crippen molar-refractivity contribution in [3.05, 3.63) is 5.89 Å². The van der Waals surface area contributed by atoms with Gasteiger partial charge in [0.25, 0.3) is 5.22 Å². The third-order valence-electron chi connectivity index (χ3n) is 3.51. The van der Waals surface area contributed by atoms with E-state index in [0.29, 0.717) is 0 Å². The lowest BCUT2D eigenvalue weighted by Gasteiger charge is -2.32. The summed E-state index contributed by atoms with van der Waals surface area (Å²) in [5, 5.41) is 8.84. The van der Waals surface area contributed by atoms with Crippen LogP contribution in [0.15, 0.2) is 9.64 Å². The number of piperidine rings is 1. The molecule has 4 nitrogen and oxygen atoms in total. The van der Waals surface area contributed by atoms with E-state index in [1.54, 1.807) is 11.8 Å². The summed E-state index contributed by atoms with van der Waals surface area (Å²) in [7, 11) is 2.24. The number of thioether (sulfide) groups is 1. The summed E-state index contributed by atoms with van der Waals surface area (Å²) in [6, 6.07) is 0.740. The fraction of sp³-hybridized carbons (Fsp3) is 0.846. The summed E-state index contributed by atoms with van der Waals surface area (Å²) in [5.74, 6) is 1.85. The number of likely N-dealkylation sites (tertiary alicyclic amines) is 1. The minimum absolute atomic E-state index is 0.733. The molecule has 1 atom stereocenters. The topological polar surface area (TPSA) is 42.2 Å². The molecule has 0 N–H and O–H groups in total. The van der Waals surface area contributed by atoms with E-state index in [2.05, 4.69) is 29.1 Å². The minimum atomic E-state index is 0.733. The average Bonchev–Trinajstić information content (AvgIpc) is 2.80. The summed E-state index contributed by atoms with van der Waals surface area (Å²) in [5.41, 5.74) is 0. The second-order valence-corrected chi connectivity index (χ2v) is 6.03. The van der Waals surface area contributed by atoms with Crippen LogP contribution in [0.2, 0.25) is 0 Å². The molecule has 0 bridgehead atoms. The van der Waals surface area contributed by atoms with Crippen molar-refractivity contribution in [2.45, 2.75) is 56.7 Å². The largest absolute Gasteiger partial charge is 0.416 e. The Morgan fingerprint density at radius 1 is 1.39 bits per heavy atom. The van der Waals surface area contributed by atoms with Crippen molar-refractivity contribution in [3.63, 3.8) is 0 Å². The maximum absolute atomic E-state index is 5.57. The lowest BCUT2D eigenvalue weighted by molar-refractivity contribution is 0.182. The summed E-state index contributed by atoms with van der Waals surface area (Å²) in [6.45, 7) is 3.37. The summed E-state index contributed by atoms with van der Waals surface area (Å²) >= 11 is 1.70. The minimum Gasteiger partial charge on any atom is -0.416 e. The van der Waals surface area contributed by atoms with Crippen LogP contribution in [0.3, 0.4) is 0 Å². The molecule has 1 aliphatic rings. The summed E-state index contributed by atoms with van der Waals surface area (Å²) in [6.07, 6.45) is 7.22. The monoisotopic (exact) mass is 269 g/mol. The molecule has 2 heterocycles. The Kier molecular flexibility index (Phi) is 5.50. The molecule has 102 valence electrons. The molecular weight excluding hydrogens is 246 g/mol. The maximum atomic E-state index is 5.57. The number of rotatable bonds is 6. The molecule has 0 saturated carbocycles. The number of hydrogen-bond acceptors (Lipinski definition) is 5. The zero-order chi connectivity index (χ0) is 12.8. The van der Waals surface area contributed by atoms with Crippen molar-refractivity contribution < 1.29 is 4.42 Å². The van der Waals surface area contributed by atoms with Crippen LogP contribution in [0.5, 0.6) is 0 Å². The molecule has 1 aliphatic heterocycles. The van der Waals surface area contributed by atoms with Gasteiger partial charge in [0.2, 0.25) is 5.89 Å². The number of aryl methyl sites for hydroxylation is 1. The van der Waals surface area contributed by atoms with Gasteiger partial charge in [-0.15, -0.1) is 10.2 Å². The van der Waals surface area contributed by atoms with Gasteiger partial charge < -0.3 is 9.32 Å². The quantitative estimate of drug-likeness (QED) is 0.743. The van der Waals surface area contributed by atoms with Crippen molar-refractivity contribution in [1.82, 2.24) is 15.1 Å². The van der Waals surface area contributed by atoms with E-state index in [4.69, 9.17) is 4.42 Å². The van der Waals surface area contributed by atoms with Crippen LogP contribution in [0, 0.1) is 0 Å². The van der Waals surface area contributed by atoms with Gasteiger partial charge >= 0.3 is 0 Å². The Bertz CT molecular complexity index is 356. The zero-order valence-corrected chi connectivity index (χ0v) is 12.2. The van der Waals surface area contributed by atoms with Crippen molar-refractivity contribution in [3.8, 4) is 0 Å². The lowest BCUT2D eigenvalue weighted by atomic mass is 10.0. The van der Waals surface area contributed by atoms with Gasteiger partial charge in [-0.3, -0.25) is 0 Å². The zero-order valence-electron chi connectivity index (χ0n) is 11.4. The number of aromatic nitrogens is 2. The average molecular weight is 269 g/mol. The van der Waals surface area contributed by atoms with E-state index in [0.717, 1.165) is 35.7 Å². The second-order valence-electron chi connectivity index (χ2n) is 4.98. The molecule has 1 aromatic heterocycles. The molecule has 0 aromatic carbocycles. The molecule has 0 spiro atoms. The standard InChI is InChI=1S/C13H23N3OS/c1-3-6-12-14-15-13(17-12)18-10-8-11-7-4-5-9-16(11)2/h11H,3-10H2,1-2H3. The van der Waals surface area contributed by atoms with Crippen molar-refractivity contribution in [2.75, 3.05) is 19.3 Å². The van der Waals surface area contributed by atoms with E-state index in [1.807, 2.05) is 0 Å². The highest BCUT2D eigenvalue weighted by atomic mass is 32.2. The van der Waals surface area contributed by atoms with Crippen LogP contribution < -0.4 is 0 Å². The Balaban J connectivity index is 1.70. The van der Waals surface area contributed by atoms with Crippen LogP contribution in [0.25, 0.3) is 0 Å². The van der Waals surface area contributed by atoms with Crippen molar-refractivity contribution in [2.24, 2.45) is 0 Å². The maximum Gasteiger partial charge on any atom is 0.276 e. The molecule has 18 heavy (non-hydrogen) atoms. The van der Waals surface area contributed by atoms with E-state index in [-0.39, 0.29) is 0 Å². The van der Waals surface area contributed by atoms with Crippen molar-refractivity contribution in [1.29, 1.82) is 0 Å². The first-order valence-corrected chi connectivity index (χ1v) is 7.93. The molecule has 2 rings (SSSR count). The highest BCUT2D eigenvalue weighted by molar-refractivity contribution is 7.99. The summed E-state index contributed by atoms with van der Waals surface area (Å²) < 4.78 is 5.57. The first-order chi connectivity index (χ1) is 8.79. The van der Waals surface area contributed by atoms with Crippen molar-refractivity contribution >= 4 is 11.8 Å². The molecule has 0 amide bonds. The third kappa shape index (κ3) is 3.99. The van der Waals surface area contributed by atoms with Crippen LogP contribution >= 0.6 is 11.8 Å². The van der Waals surface area contributed by atoms with E-state index in [9.17, 15) is 0 Å². The van der Waals surface area contributed by atoms with E-state index < -0.39 is 0 Å². The van der Waals surface area contributed by atoms with Gasteiger partial charge in [-0.1, -0.05) is 25.1 Å². The Labute approximate surface area is 114 Å². The third-order valence-corrected chi connectivity index (χ3v) is 4.36. The molecule has 0 aliphatic carbocycles. The van der Waals surface area contributed by atoms with Gasteiger partial charge in [0.15, 0.2) is 0 Å². The van der Waals surface area contributed by atoms with Gasteiger partial charge in [-0.2, -0.15) is 0 Å². The van der Waals surface area contributed by atoms with Gasteiger partial charge in [0.1, 0.15) is 0 Å². The SMILES string of the molecule is CCCc1nnc(SCCC2CCCCN2C)o1. The first kappa shape index (κ1) is 13.9. The number of hydrogen-bond donors (Lipinski definition) is 0. The predicted molar refractivity (Wildman–Crippen MR) is 73.9 cm³/mol. The molecule has 5 heteroatoms. The van der Waals surface area contributed by atoms with Crippen LogP contribution in [-0.4, -0.2) is 40.5 Å². The normalized spacial score (nSPS) is 21.3. The summed E-state index contributed by atoms with van der Waals surface area (Å²) in [4.78, 5) is 2.49. The molecule has 1 saturated heterocycles. The number of nitrogens with zero attached hydrogens (tertiary/aromatic N) is 3. The van der Waals surface area contributed by atoms with E-state index >= 15 is 0 Å². The molecule has 1 aromatic rings. The van der Waals surface area contributed by atoms with Gasteiger partial charge in [0.05, 0.1) is 0 Å². The highest BCUT2D eigenvalue weighted by Crippen LogP contribution is 2.23. The predicted octanol–water partition coefficient (Wildman–Crippen LogP) is 2.99. The molecule has 1 fully saturated rings. The van der Waals surface area contributed by atoms with Gasteiger partial charge in [-0.25, -0.2) is 0 Å². The fourth-order valence-electron chi connectivity index (χ4n) is 2.40. The smallest absolute Gasteiger partial charge is 0.276 e. The molecule has 0 radical (unpaired) electrons. The van der Waals surface area contributed by atoms with Gasteiger partial charge in [0, 0.05) is 18.2 Å². The Morgan fingerprint density at radius 3 is 3.06 bits per heavy atom. The highest BCUT2D eigenvalue weighted by Gasteiger charge is 2.18. The van der Waals surface area contributed by atoms with Crippen LogP contribution in [0.4, 0.5) is 0 Å².